The van der Waals surface area contributed by atoms with E-state index in [0.29, 0.717) is 5.56 Å². The fraction of sp³-hybridized carbons (Fsp3) is 0.0833. The summed E-state index contributed by atoms with van der Waals surface area (Å²) in [5, 5.41) is 9.44. The second-order valence-corrected chi connectivity index (χ2v) is 7.27. The van der Waals surface area contributed by atoms with Gasteiger partial charge in [-0.15, -0.1) is 5.10 Å². The number of ether oxygens (including phenoxy) is 1. The van der Waals surface area contributed by atoms with Crippen molar-refractivity contribution in [2.75, 3.05) is 11.1 Å². The number of halogens is 1. The van der Waals surface area contributed by atoms with Crippen molar-refractivity contribution in [3.8, 4) is 5.69 Å². The number of para-hydroxylation sites is 1. The molecule has 0 aliphatic heterocycles. The Kier molecular flexibility index (Phi) is 6.78. The lowest BCUT2D eigenvalue weighted by Gasteiger charge is -2.08. The maximum absolute atomic E-state index is 14.0. The number of benzene rings is 2. The molecular weight excluding hydrogens is 439 g/mol. The summed E-state index contributed by atoms with van der Waals surface area (Å²) in [6.07, 6.45) is 4.12. The molecule has 0 aliphatic carbocycles. The Morgan fingerprint density at radius 3 is 2.56 bits per heavy atom. The van der Waals surface area contributed by atoms with E-state index in [2.05, 4.69) is 20.7 Å². The highest BCUT2D eigenvalue weighted by molar-refractivity contribution is 6.05. The fourth-order valence-corrected chi connectivity index (χ4v) is 3.06. The van der Waals surface area contributed by atoms with Crippen LogP contribution in [0.1, 0.15) is 21.5 Å². The van der Waals surface area contributed by atoms with E-state index in [1.807, 2.05) is 6.07 Å². The minimum atomic E-state index is -0.563. The molecule has 4 aromatic rings. The van der Waals surface area contributed by atoms with Gasteiger partial charge in [-0.05, 0) is 35.9 Å². The molecule has 0 bridgehead atoms. The number of alkyl carbamates (subject to hydrolysis) is 1. The van der Waals surface area contributed by atoms with Gasteiger partial charge in [0.25, 0.3) is 5.91 Å². The van der Waals surface area contributed by atoms with E-state index in [9.17, 15) is 14.0 Å². The lowest BCUT2D eigenvalue weighted by molar-refractivity contribution is 0.102. The van der Waals surface area contributed by atoms with Gasteiger partial charge in [0, 0.05) is 30.1 Å². The van der Waals surface area contributed by atoms with Gasteiger partial charge in [0.1, 0.15) is 18.1 Å². The first-order chi connectivity index (χ1) is 16.5. The smallest absolute Gasteiger partial charge is 0.407 e. The minimum absolute atomic E-state index is 0.120. The van der Waals surface area contributed by atoms with E-state index in [1.165, 1.54) is 16.9 Å². The van der Waals surface area contributed by atoms with Gasteiger partial charge in [0.05, 0.1) is 11.9 Å². The predicted molar refractivity (Wildman–Crippen MR) is 124 cm³/mol. The molecule has 4 N–H and O–H groups in total. The topological polar surface area (TPSA) is 124 Å². The quantitative estimate of drug-likeness (QED) is 0.387. The molecule has 0 saturated carbocycles. The van der Waals surface area contributed by atoms with Gasteiger partial charge >= 0.3 is 6.09 Å². The Morgan fingerprint density at radius 1 is 1.03 bits per heavy atom. The first-order valence-electron chi connectivity index (χ1n) is 10.3. The number of hydrogen-bond acceptors (Lipinski definition) is 6. The summed E-state index contributed by atoms with van der Waals surface area (Å²) < 4.78 is 20.4. The molecule has 0 aliphatic rings. The van der Waals surface area contributed by atoms with Crippen molar-refractivity contribution in [2.45, 2.75) is 13.2 Å². The molecule has 0 unspecified atom stereocenters. The van der Waals surface area contributed by atoms with Gasteiger partial charge in [-0.2, -0.15) is 0 Å². The number of carbonyl (C=O) groups is 2. The molecular formula is C24H21FN6O3. The van der Waals surface area contributed by atoms with Crippen LogP contribution in [0.2, 0.25) is 0 Å². The number of anilines is 2. The van der Waals surface area contributed by atoms with E-state index in [4.69, 9.17) is 10.5 Å². The summed E-state index contributed by atoms with van der Waals surface area (Å²) in [5.74, 6) is -0.774. The molecule has 9 nitrogen and oxygen atoms in total. The lowest BCUT2D eigenvalue weighted by atomic mass is 10.1. The Labute approximate surface area is 194 Å². The van der Waals surface area contributed by atoms with Crippen LogP contribution in [0.25, 0.3) is 5.69 Å². The molecule has 0 spiro atoms. The number of amides is 2. The Hall–Kier alpha value is -4.73. The summed E-state index contributed by atoms with van der Waals surface area (Å²) in [6.45, 7) is 0.350. The Balaban J connectivity index is 1.31. The summed E-state index contributed by atoms with van der Waals surface area (Å²) in [7, 11) is 0. The molecule has 2 heterocycles. The van der Waals surface area contributed by atoms with Crippen LogP contribution in [-0.4, -0.2) is 26.8 Å². The number of rotatable bonds is 7. The van der Waals surface area contributed by atoms with Gasteiger partial charge in [-0.3, -0.25) is 9.78 Å². The van der Waals surface area contributed by atoms with E-state index < -0.39 is 17.8 Å². The predicted octanol–water partition coefficient (Wildman–Crippen LogP) is 3.67. The molecule has 0 saturated heterocycles. The van der Waals surface area contributed by atoms with Crippen LogP contribution in [-0.2, 0) is 17.9 Å². The summed E-state index contributed by atoms with van der Waals surface area (Å²) >= 11 is 0. The number of nitrogens with zero attached hydrogens (tertiary/aromatic N) is 3. The normalized spacial score (nSPS) is 10.5. The Bertz CT molecular complexity index is 1290. The largest absolute Gasteiger partial charge is 0.445 e. The first kappa shape index (κ1) is 22.5. The highest BCUT2D eigenvalue weighted by Gasteiger charge is 2.14. The van der Waals surface area contributed by atoms with Crippen LogP contribution >= 0.6 is 0 Å². The zero-order chi connectivity index (χ0) is 23.9. The molecule has 172 valence electrons. The van der Waals surface area contributed by atoms with Gasteiger partial charge in [0.15, 0.2) is 5.82 Å². The maximum Gasteiger partial charge on any atom is 0.407 e. The minimum Gasteiger partial charge on any atom is -0.445 e. The van der Waals surface area contributed by atoms with Crippen molar-refractivity contribution in [3.63, 3.8) is 0 Å². The maximum atomic E-state index is 14.0. The van der Waals surface area contributed by atoms with Gasteiger partial charge in [-0.25, -0.2) is 13.9 Å². The zero-order valence-corrected chi connectivity index (χ0v) is 17.9. The van der Waals surface area contributed by atoms with Crippen LogP contribution in [0.4, 0.5) is 20.7 Å². The van der Waals surface area contributed by atoms with Gasteiger partial charge in [-0.1, -0.05) is 30.3 Å². The van der Waals surface area contributed by atoms with E-state index >= 15 is 0 Å². The third-order valence-corrected chi connectivity index (χ3v) is 4.82. The number of pyridine rings is 1. The molecule has 34 heavy (non-hydrogen) atoms. The highest BCUT2D eigenvalue weighted by Crippen LogP contribution is 2.21. The highest BCUT2D eigenvalue weighted by atomic mass is 19.1. The van der Waals surface area contributed by atoms with Crippen molar-refractivity contribution in [1.82, 2.24) is 20.1 Å². The molecule has 2 aromatic carbocycles. The molecule has 0 atom stereocenters. The third-order valence-electron chi connectivity index (χ3n) is 4.82. The van der Waals surface area contributed by atoms with Crippen LogP contribution in [0.15, 0.2) is 79.3 Å². The lowest BCUT2D eigenvalue weighted by Crippen LogP contribution is -2.23. The van der Waals surface area contributed by atoms with Crippen LogP contribution in [0, 0.1) is 5.82 Å². The van der Waals surface area contributed by atoms with Crippen LogP contribution in [0.3, 0.4) is 0 Å². The number of aromatic nitrogens is 3. The van der Waals surface area contributed by atoms with E-state index in [1.54, 1.807) is 60.9 Å². The third kappa shape index (κ3) is 5.54. The monoisotopic (exact) mass is 460 g/mol. The fourth-order valence-electron chi connectivity index (χ4n) is 3.06. The average molecular weight is 460 g/mol. The molecule has 4 rings (SSSR count). The standard InChI is InChI=1S/C24H21FN6O3/c25-19-5-1-2-6-21(19)31-14-20(26)22(30-31)29-23(32)18-9-7-16(8-10-18)13-28-24(33)34-15-17-4-3-11-27-12-17/h1-12,14H,13,15,26H2,(H,28,33)(H,29,30,32). The molecule has 0 fully saturated rings. The van der Waals surface area contributed by atoms with Crippen LogP contribution in [0.5, 0.6) is 0 Å². The first-order valence-corrected chi connectivity index (χ1v) is 10.3. The van der Waals surface area contributed by atoms with Crippen molar-refractivity contribution in [3.05, 3.63) is 102 Å². The zero-order valence-electron chi connectivity index (χ0n) is 17.9. The second kappa shape index (κ2) is 10.3. The number of nitrogen functional groups attached to an aromatic ring is 1. The summed E-state index contributed by atoms with van der Waals surface area (Å²) in [6, 6.07) is 16.3. The van der Waals surface area contributed by atoms with Crippen LogP contribution < -0.4 is 16.4 Å². The summed E-state index contributed by atoms with van der Waals surface area (Å²) in [4.78, 5) is 28.4. The molecule has 2 aromatic heterocycles. The SMILES string of the molecule is Nc1cn(-c2ccccc2F)nc1NC(=O)c1ccc(CNC(=O)OCc2cccnc2)cc1. The van der Waals surface area contributed by atoms with Gasteiger partial charge < -0.3 is 21.1 Å². The molecule has 10 heteroatoms. The van der Waals surface area contributed by atoms with Crippen molar-refractivity contribution >= 4 is 23.5 Å². The summed E-state index contributed by atoms with van der Waals surface area (Å²) in [5.41, 5.74) is 8.27. The Morgan fingerprint density at radius 2 is 1.82 bits per heavy atom. The van der Waals surface area contributed by atoms with Crippen molar-refractivity contribution in [1.29, 1.82) is 0 Å². The van der Waals surface area contributed by atoms with Gasteiger partial charge in [0.2, 0.25) is 0 Å². The number of carbonyl (C=O) groups excluding carboxylic acids is 2. The number of nitrogens with two attached hydrogens (primary N) is 1. The van der Waals surface area contributed by atoms with Crippen molar-refractivity contribution < 1.29 is 18.7 Å². The molecule has 0 radical (unpaired) electrons. The van der Waals surface area contributed by atoms with E-state index in [0.717, 1.165) is 11.1 Å². The van der Waals surface area contributed by atoms with E-state index in [-0.39, 0.29) is 30.3 Å². The molecule has 2 amide bonds. The average Bonchev–Trinajstić information content (AvgIpc) is 3.22. The van der Waals surface area contributed by atoms with Crippen molar-refractivity contribution in [2.24, 2.45) is 0 Å². The second-order valence-electron chi connectivity index (χ2n) is 7.27. The number of hydrogen-bond donors (Lipinski definition) is 3. The number of nitrogens with one attached hydrogen (secondary N) is 2.